The lowest BCUT2D eigenvalue weighted by molar-refractivity contribution is -0.142. The molecule has 2 amide bonds. The van der Waals surface area contributed by atoms with E-state index in [1.807, 2.05) is 6.92 Å². The van der Waals surface area contributed by atoms with Gasteiger partial charge in [-0.05, 0) is 45.1 Å². The number of likely N-dealkylation sites (tertiary alicyclic amines) is 1. The second kappa shape index (κ2) is 8.91. The summed E-state index contributed by atoms with van der Waals surface area (Å²) in [7, 11) is 0. The summed E-state index contributed by atoms with van der Waals surface area (Å²) in [6.07, 6.45) is 6.01. The second-order valence-electron chi connectivity index (χ2n) is 5.14. The molecule has 5 heteroatoms. The van der Waals surface area contributed by atoms with E-state index >= 15 is 0 Å². The lowest BCUT2D eigenvalue weighted by Crippen LogP contribution is -2.52. The Hall–Kier alpha value is -1.10. The van der Waals surface area contributed by atoms with Gasteiger partial charge in [-0.2, -0.15) is 0 Å². The van der Waals surface area contributed by atoms with E-state index in [0.717, 1.165) is 45.1 Å². The average Bonchev–Trinajstić information content (AvgIpc) is 2.43. The van der Waals surface area contributed by atoms with Gasteiger partial charge in [0.2, 0.25) is 11.8 Å². The number of nitrogens with one attached hydrogen (secondary N) is 1. The highest BCUT2D eigenvalue weighted by atomic mass is 16.2. The Morgan fingerprint density at radius 3 is 2.79 bits per heavy atom. The van der Waals surface area contributed by atoms with Crippen LogP contribution in [0.2, 0.25) is 0 Å². The molecule has 1 aliphatic rings. The summed E-state index contributed by atoms with van der Waals surface area (Å²) >= 11 is 0. The Morgan fingerprint density at radius 2 is 2.11 bits per heavy atom. The minimum atomic E-state index is -0.259. The molecule has 1 aliphatic heterocycles. The fourth-order valence-corrected chi connectivity index (χ4v) is 2.46. The van der Waals surface area contributed by atoms with Gasteiger partial charge in [-0.25, -0.2) is 0 Å². The van der Waals surface area contributed by atoms with Crippen LogP contribution in [0.1, 0.15) is 51.9 Å². The zero-order valence-electron chi connectivity index (χ0n) is 12.0. The van der Waals surface area contributed by atoms with Crippen LogP contribution >= 0.6 is 0 Å². The topological polar surface area (TPSA) is 75.4 Å². The van der Waals surface area contributed by atoms with Crippen molar-refractivity contribution in [3.8, 4) is 0 Å². The van der Waals surface area contributed by atoms with E-state index in [2.05, 4.69) is 5.32 Å². The molecule has 1 heterocycles. The van der Waals surface area contributed by atoms with Crippen molar-refractivity contribution < 1.29 is 9.59 Å². The summed E-state index contributed by atoms with van der Waals surface area (Å²) in [5, 5.41) is 2.93. The average molecular weight is 269 g/mol. The molecule has 19 heavy (non-hydrogen) atoms. The molecule has 0 aromatic rings. The number of nitrogens with zero attached hydrogens (tertiary/aromatic N) is 1. The van der Waals surface area contributed by atoms with E-state index in [4.69, 9.17) is 5.73 Å². The molecule has 1 fully saturated rings. The van der Waals surface area contributed by atoms with Gasteiger partial charge >= 0.3 is 0 Å². The number of amides is 2. The van der Waals surface area contributed by atoms with E-state index in [1.165, 1.54) is 0 Å². The molecule has 1 unspecified atom stereocenters. The second-order valence-corrected chi connectivity index (χ2v) is 5.14. The number of unbranched alkanes of at least 4 members (excludes halogenated alkanes) is 1. The van der Waals surface area contributed by atoms with Crippen molar-refractivity contribution >= 4 is 11.8 Å². The first-order chi connectivity index (χ1) is 9.20. The summed E-state index contributed by atoms with van der Waals surface area (Å²) in [5.41, 5.74) is 5.42. The zero-order chi connectivity index (χ0) is 14.1. The molecule has 1 rings (SSSR count). The molecular formula is C14H27N3O2. The van der Waals surface area contributed by atoms with Gasteiger partial charge < -0.3 is 16.0 Å². The van der Waals surface area contributed by atoms with Gasteiger partial charge in [-0.15, -0.1) is 0 Å². The minimum Gasteiger partial charge on any atom is -0.354 e. The van der Waals surface area contributed by atoms with Crippen LogP contribution in [0.4, 0.5) is 0 Å². The summed E-state index contributed by atoms with van der Waals surface area (Å²) < 4.78 is 0. The Kier molecular flexibility index (Phi) is 7.48. The van der Waals surface area contributed by atoms with Crippen LogP contribution in [0.25, 0.3) is 0 Å². The van der Waals surface area contributed by atoms with Gasteiger partial charge in [-0.1, -0.05) is 6.92 Å². The monoisotopic (exact) mass is 269 g/mol. The van der Waals surface area contributed by atoms with Gasteiger partial charge in [0.05, 0.1) is 0 Å². The number of carbonyl (C=O) groups is 2. The Balaban J connectivity index is 2.46. The van der Waals surface area contributed by atoms with Gasteiger partial charge in [0.15, 0.2) is 0 Å². The van der Waals surface area contributed by atoms with Crippen LogP contribution in [0.3, 0.4) is 0 Å². The summed E-state index contributed by atoms with van der Waals surface area (Å²) in [6.45, 7) is 4.02. The first-order valence-electron chi connectivity index (χ1n) is 7.48. The van der Waals surface area contributed by atoms with Crippen molar-refractivity contribution in [1.82, 2.24) is 10.2 Å². The van der Waals surface area contributed by atoms with E-state index in [0.29, 0.717) is 19.5 Å². The standard InChI is InChI=1S/C14H27N3O2/c1-2-7-13(18)17-11-6-3-8-12(17)14(19)16-10-5-4-9-15/h12H,2-11,15H2,1H3,(H,16,19). The van der Waals surface area contributed by atoms with Crippen LogP contribution in [-0.4, -0.2) is 42.4 Å². The maximum atomic E-state index is 12.1. The smallest absolute Gasteiger partial charge is 0.242 e. The van der Waals surface area contributed by atoms with E-state index in [-0.39, 0.29) is 17.9 Å². The van der Waals surface area contributed by atoms with Gasteiger partial charge in [0.1, 0.15) is 6.04 Å². The zero-order valence-corrected chi connectivity index (χ0v) is 12.0. The van der Waals surface area contributed by atoms with Crippen molar-refractivity contribution in [2.75, 3.05) is 19.6 Å². The van der Waals surface area contributed by atoms with Crippen molar-refractivity contribution in [2.45, 2.75) is 57.9 Å². The predicted octanol–water partition coefficient (Wildman–Crippen LogP) is 1.02. The van der Waals surface area contributed by atoms with Crippen LogP contribution in [0.5, 0.6) is 0 Å². The number of hydrogen-bond acceptors (Lipinski definition) is 3. The molecule has 3 N–H and O–H groups in total. The van der Waals surface area contributed by atoms with Gasteiger partial charge in [0, 0.05) is 19.5 Å². The third kappa shape index (κ3) is 5.19. The molecule has 0 aliphatic carbocycles. The third-order valence-corrected chi connectivity index (χ3v) is 3.52. The normalized spacial score (nSPS) is 19.3. The Morgan fingerprint density at radius 1 is 1.32 bits per heavy atom. The SMILES string of the molecule is CCCC(=O)N1CCCCC1C(=O)NCCCCN. The summed E-state index contributed by atoms with van der Waals surface area (Å²) in [4.78, 5) is 25.9. The Labute approximate surface area is 115 Å². The molecule has 0 bridgehead atoms. The molecule has 1 atom stereocenters. The quantitative estimate of drug-likeness (QED) is 0.678. The fourth-order valence-electron chi connectivity index (χ4n) is 2.46. The molecule has 0 saturated carbocycles. The maximum Gasteiger partial charge on any atom is 0.242 e. The molecule has 1 saturated heterocycles. The van der Waals surface area contributed by atoms with Crippen molar-refractivity contribution in [3.05, 3.63) is 0 Å². The lowest BCUT2D eigenvalue weighted by Gasteiger charge is -2.34. The van der Waals surface area contributed by atoms with Crippen molar-refractivity contribution in [2.24, 2.45) is 5.73 Å². The first-order valence-corrected chi connectivity index (χ1v) is 7.48. The van der Waals surface area contributed by atoms with E-state index in [9.17, 15) is 9.59 Å². The van der Waals surface area contributed by atoms with Crippen LogP contribution in [-0.2, 0) is 9.59 Å². The third-order valence-electron chi connectivity index (χ3n) is 3.52. The lowest BCUT2D eigenvalue weighted by atomic mass is 10.0. The van der Waals surface area contributed by atoms with Gasteiger partial charge in [-0.3, -0.25) is 9.59 Å². The highest BCUT2D eigenvalue weighted by molar-refractivity contribution is 5.87. The number of carbonyl (C=O) groups excluding carboxylic acids is 2. The first kappa shape index (κ1) is 16.0. The molecule has 0 spiro atoms. The predicted molar refractivity (Wildman–Crippen MR) is 75.6 cm³/mol. The van der Waals surface area contributed by atoms with E-state index < -0.39 is 0 Å². The number of nitrogens with two attached hydrogens (primary N) is 1. The van der Waals surface area contributed by atoms with Crippen LogP contribution in [0, 0.1) is 0 Å². The highest BCUT2D eigenvalue weighted by Gasteiger charge is 2.31. The summed E-state index contributed by atoms with van der Waals surface area (Å²) in [5.74, 6) is 0.116. The van der Waals surface area contributed by atoms with E-state index in [1.54, 1.807) is 4.90 Å². The van der Waals surface area contributed by atoms with Crippen molar-refractivity contribution in [1.29, 1.82) is 0 Å². The largest absolute Gasteiger partial charge is 0.354 e. The number of rotatable bonds is 7. The number of hydrogen-bond donors (Lipinski definition) is 2. The highest BCUT2D eigenvalue weighted by Crippen LogP contribution is 2.18. The molecule has 5 nitrogen and oxygen atoms in total. The molecule has 0 aromatic carbocycles. The van der Waals surface area contributed by atoms with Crippen molar-refractivity contribution in [3.63, 3.8) is 0 Å². The fraction of sp³-hybridized carbons (Fsp3) is 0.857. The minimum absolute atomic E-state index is 0.00109. The van der Waals surface area contributed by atoms with Crippen LogP contribution in [0.15, 0.2) is 0 Å². The molecule has 0 radical (unpaired) electrons. The maximum absolute atomic E-state index is 12.1. The van der Waals surface area contributed by atoms with Crippen LogP contribution < -0.4 is 11.1 Å². The summed E-state index contributed by atoms with van der Waals surface area (Å²) in [6, 6.07) is -0.259. The molecule has 110 valence electrons. The number of piperidine rings is 1. The molecule has 0 aromatic heterocycles. The van der Waals surface area contributed by atoms with Gasteiger partial charge in [0.25, 0.3) is 0 Å². The molecular weight excluding hydrogens is 242 g/mol. The Bertz CT molecular complexity index is 294.